The van der Waals surface area contributed by atoms with Crippen LogP contribution in [0.3, 0.4) is 0 Å². The van der Waals surface area contributed by atoms with Crippen LogP contribution >= 0.6 is 11.6 Å². The molecule has 0 bridgehead atoms. The molecule has 2 aromatic heterocycles. The molecule has 2 heterocycles. The Morgan fingerprint density at radius 2 is 2.07 bits per heavy atom. The molecular formula is C21H24ClN3O2. The summed E-state index contributed by atoms with van der Waals surface area (Å²) in [6.07, 6.45) is 4.88. The second-order valence-electron chi connectivity index (χ2n) is 6.98. The topological polar surface area (TPSA) is 60.1 Å². The minimum Gasteiger partial charge on any atom is -0.469 e. The van der Waals surface area contributed by atoms with Gasteiger partial charge in [-0.3, -0.25) is 4.79 Å². The Hall–Kier alpha value is -2.53. The molecule has 5 nitrogen and oxygen atoms in total. The van der Waals surface area contributed by atoms with Gasteiger partial charge in [-0.25, -0.2) is 4.68 Å². The van der Waals surface area contributed by atoms with Crippen LogP contribution in [0.1, 0.15) is 54.9 Å². The molecule has 0 saturated carbocycles. The third-order valence-corrected chi connectivity index (χ3v) is 4.67. The zero-order valence-corrected chi connectivity index (χ0v) is 16.5. The zero-order valence-electron chi connectivity index (χ0n) is 15.8. The van der Waals surface area contributed by atoms with Gasteiger partial charge in [-0.2, -0.15) is 5.10 Å². The van der Waals surface area contributed by atoms with E-state index in [1.165, 1.54) is 0 Å². The summed E-state index contributed by atoms with van der Waals surface area (Å²) in [7, 11) is 0. The van der Waals surface area contributed by atoms with Gasteiger partial charge in [0.15, 0.2) is 0 Å². The van der Waals surface area contributed by atoms with Gasteiger partial charge < -0.3 is 9.73 Å². The smallest absolute Gasteiger partial charge is 0.254 e. The molecule has 1 atom stereocenters. The maximum Gasteiger partial charge on any atom is 0.254 e. The summed E-state index contributed by atoms with van der Waals surface area (Å²) >= 11 is 6.11. The second-order valence-corrected chi connectivity index (χ2v) is 7.42. The summed E-state index contributed by atoms with van der Waals surface area (Å²) in [5.41, 5.74) is 2.30. The molecule has 1 N–H and O–H groups in total. The second kappa shape index (κ2) is 8.44. The van der Waals surface area contributed by atoms with E-state index in [0.717, 1.165) is 30.0 Å². The molecule has 0 aliphatic heterocycles. The van der Waals surface area contributed by atoms with Gasteiger partial charge in [0.2, 0.25) is 0 Å². The first-order valence-corrected chi connectivity index (χ1v) is 9.50. The van der Waals surface area contributed by atoms with E-state index in [4.69, 9.17) is 16.0 Å². The fourth-order valence-electron chi connectivity index (χ4n) is 3.09. The van der Waals surface area contributed by atoms with Crippen LogP contribution in [-0.2, 0) is 6.42 Å². The Bertz CT molecular complexity index is 900. The van der Waals surface area contributed by atoms with Crippen LogP contribution in [0.25, 0.3) is 5.69 Å². The quantitative estimate of drug-likeness (QED) is 0.623. The van der Waals surface area contributed by atoms with E-state index in [-0.39, 0.29) is 17.9 Å². The number of carbonyl (C=O) groups excluding carboxylic acids is 1. The monoisotopic (exact) mass is 385 g/mol. The molecule has 1 aromatic carbocycles. The minimum atomic E-state index is -0.112. The molecule has 27 heavy (non-hydrogen) atoms. The molecule has 3 rings (SSSR count). The SMILES string of the molecule is CC(CCc1ccco1)NC(=O)c1cnn(-c2cccc(Cl)c2)c1C(C)C. The fraction of sp³-hybridized carbons (Fsp3) is 0.333. The average molecular weight is 386 g/mol. The number of benzene rings is 1. The van der Waals surface area contributed by atoms with Crippen molar-refractivity contribution in [3.63, 3.8) is 0 Å². The molecule has 3 aromatic rings. The van der Waals surface area contributed by atoms with E-state index in [2.05, 4.69) is 24.3 Å². The van der Waals surface area contributed by atoms with Gasteiger partial charge in [0.25, 0.3) is 5.91 Å². The number of carbonyl (C=O) groups is 1. The van der Waals surface area contributed by atoms with Gasteiger partial charge >= 0.3 is 0 Å². The minimum absolute atomic E-state index is 0.0251. The molecule has 6 heteroatoms. The zero-order chi connectivity index (χ0) is 19.4. The number of hydrogen-bond donors (Lipinski definition) is 1. The maximum absolute atomic E-state index is 12.8. The Morgan fingerprint density at radius 1 is 1.26 bits per heavy atom. The normalized spacial score (nSPS) is 12.3. The number of halogens is 1. The molecule has 1 amide bonds. The largest absolute Gasteiger partial charge is 0.469 e. The standard InChI is InChI=1S/C21H24ClN3O2/c1-14(2)20-19(13-23-25(20)17-7-4-6-16(22)12-17)21(26)24-15(3)9-10-18-8-5-11-27-18/h4-8,11-15H,9-10H2,1-3H3,(H,24,26). The van der Waals surface area contributed by atoms with Crippen molar-refractivity contribution >= 4 is 17.5 Å². The third kappa shape index (κ3) is 4.61. The summed E-state index contributed by atoms with van der Waals surface area (Å²) in [5, 5.41) is 8.15. The molecule has 1 unspecified atom stereocenters. The number of aromatic nitrogens is 2. The van der Waals surface area contributed by atoms with Gasteiger partial charge in [-0.15, -0.1) is 0 Å². The summed E-state index contributed by atoms with van der Waals surface area (Å²) in [4.78, 5) is 12.8. The van der Waals surface area contributed by atoms with Crippen LogP contribution in [-0.4, -0.2) is 21.7 Å². The van der Waals surface area contributed by atoms with Gasteiger partial charge in [0.1, 0.15) is 5.76 Å². The lowest BCUT2D eigenvalue weighted by atomic mass is 10.0. The van der Waals surface area contributed by atoms with Crippen LogP contribution in [0.2, 0.25) is 5.02 Å². The van der Waals surface area contributed by atoms with Crippen molar-refractivity contribution < 1.29 is 9.21 Å². The first-order valence-electron chi connectivity index (χ1n) is 9.12. The summed E-state index contributed by atoms with van der Waals surface area (Å²) < 4.78 is 7.14. The van der Waals surface area contributed by atoms with Gasteiger partial charge in [0, 0.05) is 17.5 Å². The molecule has 142 valence electrons. The van der Waals surface area contributed by atoms with Crippen molar-refractivity contribution in [1.82, 2.24) is 15.1 Å². The van der Waals surface area contributed by atoms with Crippen LogP contribution in [0.5, 0.6) is 0 Å². The van der Waals surface area contributed by atoms with Crippen molar-refractivity contribution in [2.75, 3.05) is 0 Å². The van der Waals surface area contributed by atoms with Crippen LogP contribution in [0, 0.1) is 0 Å². The lowest BCUT2D eigenvalue weighted by Crippen LogP contribution is -2.33. The Morgan fingerprint density at radius 3 is 2.74 bits per heavy atom. The molecule has 0 spiro atoms. The highest BCUT2D eigenvalue weighted by Crippen LogP contribution is 2.24. The van der Waals surface area contributed by atoms with E-state index >= 15 is 0 Å². The van der Waals surface area contributed by atoms with E-state index in [0.29, 0.717) is 10.6 Å². The molecule has 0 radical (unpaired) electrons. The molecular weight excluding hydrogens is 362 g/mol. The first-order chi connectivity index (χ1) is 13.0. The summed E-state index contributed by atoms with van der Waals surface area (Å²) in [5.74, 6) is 0.942. The fourth-order valence-corrected chi connectivity index (χ4v) is 3.27. The summed E-state index contributed by atoms with van der Waals surface area (Å²) in [6, 6.07) is 11.3. The van der Waals surface area contributed by atoms with Crippen molar-refractivity contribution in [3.8, 4) is 5.69 Å². The molecule has 0 aliphatic carbocycles. The molecule has 0 saturated heterocycles. The highest BCUT2D eigenvalue weighted by atomic mass is 35.5. The van der Waals surface area contributed by atoms with Gasteiger partial charge in [0.05, 0.1) is 29.4 Å². The summed E-state index contributed by atoms with van der Waals surface area (Å²) in [6.45, 7) is 6.10. The van der Waals surface area contributed by atoms with E-state index < -0.39 is 0 Å². The number of rotatable bonds is 7. The van der Waals surface area contributed by atoms with E-state index in [9.17, 15) is 4.79 Å². The Kier molecular flexibility index (Phi) is 6.01. The lowest BCUT2D eigenvalue weighted by Gasteiger charge is -2.16. The lowest BCUT2D eigenvalue weighted by molar-refractivity contribution is 0.0936. The Balaban J connectivity index is 1.76. The number of furan rings is 1. The number of aryl methyl sites for hydroxylation is 1. The van der Waals surface area contributed by atoms with Crippen LogP contribution in [0.4, 0.5) is 0 Å². The number of hydrogen-bond acceptors (Lipinski definition) is 3. The van der Waals surface area contributed by atoms with Crippen LogP contribution < -0.4 is 5.32 Å². The van der Waals surface area contributed by atoms with Gasteiger partial charge in [-0.1, -0.05) is 31.5 Å². The van der Waals surface area contributed by atoms with Crippen molar-refractivity contribution in [1.29, 1.82) is 0 Å². The number of amides is 1. The molecule has 0 fully saturated rings. The number of nitrogens with zero attached hydrogens (tertiary/aromatic N) is 2. The highest BCUT2D eigenvalue weighted by Gasteiger charge is 2.22. The van der Waals surface area contributed by atoms with Crippen molar-refractivity contribution in [2.24, 2.45) is 0 Å². The predicted molar refractivity (Wildman–Crippen MR) is 107 cm³/mol. The van der Waals surface area contributed by atoms with Crippen molar-refractivity contribution in [3.05, 3.63) is 70.9 Å². The van der Waals surface area contributed by atoms with E-state index in [1.54, 1.807) is 17.1 Å². The first kappa shape index (κ1) is 19.2. The van der Waals surface area contributed by atoms with E-state index in [1.807, 2.05) is 43.3 Å². The molecule has 0 aliphatic rings. The predicted octanol–water partition coefficient (Wildman–Crippen LogP) is 4.99. The van der Waals surface area contributed by atoms with Crippen LogP contribution in [0.15, 0.2) is 53.3 Å². The van der Waals surface area contributed by atoms with Crippen molar-refractivity contribution in [2.45, 2.75) is 45.6 Å². The number of nitrogens with one attached hydrogen (secondary N) is 1. The third-order valence-electron chi connectivity index (χ3n) is 4.43. The average Bonchev–Trinajstić information content (AvgIpc) is 3.29. The maximum atomic E-state index is 12.8. The van der Waals surface area contributed by atoms with Gasteiger partial charge in [-0.05, 0) is 49.6 Å². The highest BCUT2D eigenvalue weighted by molar-refractivity contribution is 6.30. The Labute approximate surface area is 164 Å².